The second kappa shape index (κ2) is 10.3. The lowest BCUT2D eigenvalue weighted by molar-refractivity contribution is -0.147. The van der Waals surface area contributed by atoms with Gasteiger partial charge in [-0.3, -0.25) is 14.4 Å². The topological polar surface area (TPSA) is 153 Å². The first kappa shape index (κ1) is 19.6. The number of carbonyl (C=O) groups excluding carboxylic acids is 1. The first-order chi connectivity index (χ1) is 10.3. The van der Waals surface area contributed by atoms with Crippen LogP contribution in [0.1, 0.15) is 12.0 Å². The Morgan fingerprint density at radius 3 is 2.05 bits per heavy atom. The minimum Gasteiger partial charge on any atom is -0.481 e. The molecule has 0 amide bonds. The minimum absolute atomic E-state index is 0.385. The summed E-state index contributed by atoms with van der Waals surface area (Å²) in [6.07, 6.45) is -0.0111. The summed E-state index contributed by atoms with van der Waals surface area (Å²) in [4.78, 5) is 30.8. The Morgan fingerprint density at radius 1 is 1.09 bits per heavy atom. The van der Waals surface area contributed by atoms with Crippen molar-refractivity contribution in [2.24, 2.45) is 11.5 Å². The van der Waals surface area contributed by atoms with Crippen molar-refractivity contribution >= 4 is 17.9 Å². The summed E-state index contributed by atoms with van der Waals surface area (Å²) in [7, 11) is 1.16. The molecule has 0 saturated heterocycles. The number of carbonyl (C=O) groups is 3. The van der Waals surface area contributed by atoms with Gasteiger partial charge in [-0.1, -0.05) is 30.3 Å². The fourth-order valence-electron chi connectivity index (χ4n) is 1.38. The molecule has 6 N–H and O–H groups in total. The normalized spacial score (nSPS) is 12.3. The van der Waals surface area contributed by atoms with E-state index in [-0.39, 0.29) is 0 Å². The summed E-state index contributed by atoms with van der Waals surface area (Å²) in [5, 5.41) is 16.7. The van der Waals surface area contributed by atoms with Crippen molar-refractivity contribution in [1.29, 1.82) is 0 Å². The van der Waals surface area contributed by atoms with Crippen LogP contribution in [0.25, 0.3) is 0 Å². The molecular formula is C14H20N2O6. The van der Waals surface area contributed by atoms with Crippen LogP contribution in [0, 0.1) is 0 Å². The average Bonchev–Trinajstić information content (AvgIpc) is 2.47. The van der Waals surface area contributed by atoms with Gasteiger partial charge in [-0.2, -0.15) is 0 Å². The minimum atomic E-state index is -1.11. The quantitative estimate of drug-likeness (QED) is 0.518. The number of carboxylic acid groups (broad SMARTS) is 2. The third kappa shape index (κ3) is 8.67. The van der Waals surface area contributed by atoms with Gasteiger partial charge in [-0.15, -0.1) is 0 Å². The Kier molecular flexibility index (Phi) is 9.15. The summed E-state index contributed by atoms with van der Waals surface area (Å²) in [6, 6.07) is 7.49. The summed E-state index contributed by atoms with van der Waals surface area (Å²) in [5.74, 6) is -2.78. The molecule has 0 aliphatic heterocycles. The molecule has 0 aliphatic rings. The van der Waals surface area contributed by atoms with Gasteiger partial charge in [-0.25, -0.2) is 0 Å². The Bertz CT molecular complexity index is 491. The zero-order valence-corrected chi connectivity index (χ0v) is 12.1. The molecule has 0 heterocycles. The predicted octanol–water partition coefficient (Wildman–Crippen LogP) is -0.398. The third-order valence-electron chi connectivity index (χ3n) is 2.51. The van der Waals surface area contributed by atoms with Crippen LogP contribution in [0.4, 0.5) is 0 Å². The largest absolute Gasteiger partial charge is 0.481 e. The van der Waals surface area contributed by atoms with E-state index in [1.807, 2.05) is 30.3 Å². The number of rotatable bonds is 6. The first-order valence-electron chi connectivity index (χ1n) is 6.35. The van der Waals surface area contributed by atoms with E-state index in [1.54, 1.807) is 0 Å². The highest BCUT2D eigenvalue weighted by Gasteiger charge is 2.16. The van der Waals surface area contributed by atoms with Crippen molar-refractivity contribution in [3.05, 3.63) is 35.9 Å². The zero-order valence-electron chi connectivity index (χ0n) is 12.1. The SMILES string of the molecule is COC(=O)[C@@H](N)CC(=O)O.N[C@@H](Cc1ccccc1)C(=O)O. The maximum Gasteiger partial charge on any atom is 0.323 e. The van der Waals surface area contributed by atoms with Gasteiger partial charge in [0.15, 0.2) is 0 Å². The molecule has 0 bridgehead atoms. The van der Waals surface area contributed by atoms with E-state index >= 15 is 0 Å². The van der Waals surface area contributed by atoms with Gasteiger partial charge in [0.1, 0.15) is 12.1 Å². The molecule has 0 saturated carbocycles. The fourth-order valence-corrected chi connectivity index (χ4v) is 1.38. The van der Waals surface area contributed by atoms with Crippen LogP contribution in [0.3, 0.4) is 0 Å². The standard InChI is InChI=1S/C9H11NO2.C5H9NO4/c10-8(9(11)12)6-7-4-2-1-3-5-7;1-10-5(9)3(6)2-4(7)8/h1-5,8H,6,10H2,(H,11,12);3H,2,6H2,1H3,(H,7,8)/t8-;3-/m00/s1. The molecule has 8 heteroatoms. The molecule has 1 aromatic carbocycles. The Hall–Kier alpha value is -2.45. The molecule has 8 nitrogen and oxygen atoms in total. The van der Waals surface area contributed by atoms with E-state index in [4.69, 9.17) is 21.7 Å². The van der Waals surface area contributed by atoms with E-state index in [9.17, 15) is 14.4 Å². The Labute approximate surface area is 127 Å². The van der Waals surface area contributed by atoms with Crippen molar-refractivity contribution in [1.82, 2.24) is 0 Å². The summed E-state index contributed by atoms with van der Waals surface area (Å²) in [6.45, 7) is 0. The number of ether oxygens (including phenoxy) is 1. The van der Waals surface area contributed by atoms with Crippen LogP contribution in [0.5, 0.6) is 0 Å². The molecule has 0 aromatic heterocycles. The average molecular weight is 312 g/mol. The molecular weight excluding hydrogens is 292 g/mol. The smallest absolute Gasteiger partial charge is 0.323 e. The predicted molar refractivity (Wildman–Crippen MR) is 78.0 cm³/mol. The van der Waals surface area contributed by atoms with Crippen LogP contribution in [-0.4, -0.2) is 47.3 Å². The molecule has 0 spiro atoms. The Balaban J connectivity index is 0.000000409. The highest BCUT2D eigenvalue weighted by atomic mass is 16.5. The molecule has 0 radical (unpaired) electrons. The summed E-state index contributed by atoms with van der Waals surface area (Å²) < 4.78 is 4.19. The van der Waals surface area contributed by atoms with Gasteiger partial charge in [-0.05, 0) is 12.0 Å². The van der Waals surface area contributed by atoms with Crippen LogP contribution in [0.2, 0.25) is 0 Å². The van der Waals surface area contributed by atoms with Crippen molar-refractivity contribution in [3.63, 3.8) is 0 Å². The van der Waals surface area contributed by atoms with Gasteiger partial charge in [0, 0.05) is 0 Å². The van der Waals surface area contributed by atoms with Crippen molar-refractivity contribution in [2.45, 2.75) is 24.9 Å². The lowest BCUT2D eigenvalue weighted by Crippen LogP contribution is -2.33. The lowest BCUT2D eigenvalue weighted by Gasteiger charge is -2.04. The molecule has 1 aromatic rings. The molecule has 1 rings (SSSR count). The number of nitrogens with two attached hydrogens (primary N) is 2. The monoisotopic (exact) mass is 312 g/mol. The number of hydrogen-bond acceptors (Lipinski definition) is 6. The van der Waals surface area contributed by atoms with Crippen LogP contribution < -0.4 is 11.5 Å². The summed E-state index contributed by atoms with van der Waals surface area (Å²) in [5.41, 5.74) is 11.4. The van der Waals surface area contributed by atoms with Crippen LogP contribution in [0.15, 0.2) is 30.3 Å². The van der Waals surface area contributed by atoms with Gasteiger partial charge in [0.05, 0.1) is 13.5 Å². The van der Waals surface area contributed by atoms with Gasteiger partial charge in [0.25, 0.3) is 0 Å². The third-order valence-corrected chi connectivity index (χ3v) is 2.51. The fraction of sp³-hybridized carbons (Fsp3) is 0.357. The van der Waals surface area contributed by atoms with Gasteiger partial charge < -0.3 is 26.4 Å². The number of benzene rings is 1. The highest BCUT2D eigenvalue weighted by Crippen LogP contribution is 2.01. The number of esters is 1. The van der Waals surface area contributed by atoms with Crippen molar-refractivity contribution < 1.29 is 29.3 Å². The first-order valence-corrected chi connectivity index (χ1v) is 6.35. The second-order valence-corrected chi connectivity index (χ2v) is 4.36. The number of carboxylic acids is 2. The van der Waals surface area contributed by atoms with Crippen molar-refractivity contribution in [3.8, 4) is 0 Å². The lowest BCUT2D eigenvalue weighted by atomic mass is 10.1. The van der Waals surface area contributed by atoms with E-state index < -0.39 is 36.4 Å². The van der Waals surface area contributed by atoms with Gasteiger partial charge in [0.2, 0.25) is 0 Å². The number of aliphatic carboxylic acids is 2. The number of methoxy groups -OCH3 is 1. The maximum atomic E-state index is 10.4. The van der Waals surface area contributed by atoms with Gasteiger partial charge >= 0.3 is 17.9 Å². The Morgan fingerprint density at radius 2 is 1.64 bits per heavy atom. The highest BCUT2D eigenvalue weighted by molar-refractivity contribution is 5.81. The maximum absolute atomic E-state index is 10.4. The van der Waals surface area contributed by atoms with Crippen LogP contribution >= 0.6 is 0 Å². The molecule has 0 unspecified atom stereocenters. The van der Waals surface area contributed by atoms with Crippen LogP contribution in [-0.2, 0) is 25.5 Å². The molecule has 122 valence electrons. The zero-order chi connectivity index (χ0) is 17.1. The molecule has 0 fully saturated rings. The molecule has 0 aliphatic carbocycles. The van der Waals surface area contributed by atoms with E-state index in [1.165, 1.54) is 0 Å². The molecule has 2 atom stereocenters. The van der Waals surface area contributed by atoms with E-state index in [0.29, 0.717) is 6.42 Å². The van der Waals surface area contributed by atoms with Crippen molar-refractivity contribution in [2.75, 3.05) is 7.11 Å². The summed E-state index contributed by atoms with van der Waals surface area (Å²) >= 11 is 0. The number of hydrogen-bond donors (Lipinski definition) is 4. The second-order valence-electron chi connectivity index (χ2n) is 4.36. The molecule has 22 heavy (non-hydrogen) atoms. The van der Waals surface area contributed by atoms with E-state index in [0.717, 1.165) is 12.7 Å². The van der Waals surface area contributed by atoms with E-state index in [2.05, 4.69) is 4.74 Å².